The summed E-state index contributed by atoms with van der Waals surface area (Å²) in [7, 11) is 0. The minimum atomic E-state index is -0.319. The predicted molar refractivity (Wildman–Crippen MR) is 113 cm³/mol. The van der Waals surface area contributed by atoms with Gasteiger partial charge in [-0.3, -0.25) is 9.59 Å². The average Bonchev–Trinajstić information content (AvgIpc) is 2.69. The molecule has 0 radical (unpaired) electrons. The van der Waals surface area contributed by atoms with Crippen molar-refractivity contribution in [2.75, 3.05) is 13.2 Å². The molecule has 158 valence electrons. The fraction of sp³-hybridized carbons (Fsp3) is 0.500. The van der Waals surface area contributed by atoms with Crippen molar-refractivity contribution in [1.29, 1.82) is 0 Å². The van der Waals surface area contributed by atoms with E-state index in [1.165, 1.54) is 16.8 Å². The van der Waals surface area contributed by atoms with Gasteiger partial charge in [-0.25, -0.2) is 4.68 Å². The van der Waals surface area contributed by atoms with Gasteiger partial charge in [-0.15, -0.1) is 0 Å². The van der Waals surface area contributed by atoms with E-state index in [0.717, 1.165) is 12.0 Å². The number of benzene rings is 1. The zero-order valence-corrected chi connectivity index (χ0v) is 17.9. The molecule has 0 bridgehead atoms. The van der Waals surface area contributed by atoms with E-state index in [0.29, 0.717) is 31.3 Å². The number of carbonyl (C=O) groups excluding carboxylic acids is 1. The van der Waals surface area contributed by atoms with E-state index in [1.807, 2.05) is 52.8 Å². The molecule has 0 saturated carbocycles. The Balaban J connectivity index is 2.30. The second-order valence-electron chi connectivity index (χ2n) is 7.05. The van der Waals surface area contributed by atoms with E-state index in [2.05, 4.69) is 10.4 Å². The number of amides is 1. The number of aryl methyl sites for hydroxylation is 1. The maximum atomic E-state index is 12.8. The highest BCUT2D eigenvalue weighted by molar-refractivity contribution is 5.92. The molecule has 1 aromatic heterocycles. The van der Waals surface area contributed by atoms with E-state index in [4.69, 9.17) is 9.47 Å². The molecule has 1 atom stereocenters. The first-order valence-electron chi connectivity index (χ1n) is 10.2. The van der Waals surface area contributed by atoms with Crippen molar-refractivity contribution in [1.82, 2.24) is 15.1 Å². The van der Waals surface area contributed by atoms with Gasteiger partial charge in [0.1, 0.15) is 5.69 Å². The van der Waals surface area contributed by atoms with Crippen LogP contribution >= 0.6 is 0 Å². The molecule has 29 heavy (non-hydrogen) atoms. The minimum absolute atomic E-state index is 0.132. The van der Waals surface area contributed by atoms with E-state index in [9.17, 15) is 9.59 Å². The average molecular weight is 402 g/mol. The maximum absolute atomic E-state index is 12.8. The Labute approximate surface area is 172 Å². The van der Waals surface area contributed by atoms with Crippen LogP contribution in [-0.2, 0) is 6.54 Å². The van der Waals surface area contributed by atoms with Gasteiger partial charge < -0.3 is 14.8 Å². The highest BCUT2D eigenvalue weighted by Crippen LogP contribution is 2.33. The molecule has 1 heterocycles. The largest absolute Gasteiger partial charge is 0.490 e. The highest BCUT2D eigenvalue weighted by Gasteiger charge is 2.22. The molecule has 1 aromatic carbocycles. The van der Waals surface area contributed by atoms with Crippen molar-refractivity contribution < 1.29 is 14.3 Å². The van der Waals surface area contributed by atoms with Crippen molar-refractivity contribution >= 4 is 5.91 Å². The van der Waals surface area contributed by atoms with Crippen LogP contribution in [0.1, 0.15) is 63.1 Å². The normalized spacial score (nSPS) is 11.9. The summed E-state index contributed by atoms with van der Waals surface area (Å²) in [5, 5.41) is 7.25. The van der Waals surface area contributed by atoms with Crippen LogP contribution in [0.3, 0.4) is 0 Å². The van der Waals surface area contributed by atoms with Crippen molar-refractivity contribution in [3.63, 3.8) is 0 Å². The first kappa shape index (κ1) is 22.5. The van der Waals surface area contributed by atoms with Crippen LogP contribution in [0.5, 0.6) is 11.5 Å². The van der Waals surface area contributed by atoms with Gasteiger partial charge >= 0.3 is 0 Å². The number of nitrogens with zero attached hydrogens (tertiary/aromatic N) is 2. The third-order valence-electron chi connectivity index (χ3n) is 4.41. The van der Waals surface area contributed by atoms with E-state index in [-0.39, 0.29) is 29.1 Å². The summed E-state index contributed by atoms with van der Waals surface area (Å²) in [5.74, 6) is 1.15. The Morgan fingerprint density at radius 1 is 1.07 bits per heavy atom. The summed E-state index contributed by atoms with van der Waals surface area (Å²) in [6, 6.07) is 8.31. The highest BCUT2D eigenvalue weighted by atomic mass is 16.5. The lowest BCUT2D eigenvalue weighted by molar-refractivity contribution is 0.0917. The second kappa shape index (κ2) is 10.6. The van der Waals surface area contributed by atoms with Crippen LogP contribution in [0.4, 0.5) is 0 Å². The number of carbonyl (C=O) groups is 1. The third-order valence-corrected chi connectivity index (χ3v) is 4.41. The van der Waals surface area contributed by atoms with Crippen molar-refractivity contribution in [3.8, 4) is 11.5 Å². The van der Waals surface area contributed by atoms with Gasteiger partial charge in [0, 0.05) is 12.6 Å². The number of nitrogens with one attached hydrogen (secondary N) is 1. The van der Waals surface area contributed by atoms with E-state index >= 15 is 0 Å². The summed E-state index contributed by atoms with van der Waals surface area (Å²) in [6.07, 6.45) is 0.763. The molecule has 1 N–H and O–H groups in total. The SMILES string of the molecule is CCCn1nc(C(=O)NC(c2ccc(OCC)c(OCC)c2)C(C)C)ccc1=O. The molecule has 7 heteroatoms. The molecule has 2 rings (SSSR count). The molecule has 7 nitrogen and oxygen atoms in total. The van der Waals surface area contributed by atoms with Gasteiger partial charge in [0.05, 0.1) is 19.3 Å². The topological polar surface area (TPSA) is 82.5 Å². The first-order chi connectivity index (χ1) is 13.9. The van der Waals surface area contributed by atoms with E-state index in [1.54, 1.807) is 0 Å². The van der Waals surface area contributed by atoms with Crippen molar-refractivity contribution in [2.45, 2.75) is 53.6 Å². The van der Waals surface area contributed by atoms with Gasteiger partial charge in [0.2, 0.25) is 0 Å². The molecule has 1 amide bonds. The van der Waals surface area contributed by atoms with Gasteiger partial charge in [0.25, 0.3) is 11.5 Å². The summed E-state index contributed by atoms with van der Waals surface area (Å²) in [5.41, 5.74) is 0.929. The lowest BCUT2D eigenvalue weighted by Crippen LogP contribution is -2.34. The summed E-state index contributed by atoms with van der Waals surface area (Å²) in [6.45, 7) is 11.4. The lowest BCUT2D eigenvalue weighted by atomic mass is 9.95. The van der Waals surface area contributed by atoms with Crippen LogP contribution in [0.25, 0.3) is 0 Å². The first-order valence-corrected chi connectivity index (χ1v) is 10.2. The Kier molecular flexibility index (Phi) is 8.24. The van der Waals surface area contributed by atoms with Gasteiger partial charge in [0.15, 0.2) is 11.5 Å². The Bertz CT molecular complexity index is 877. The maximum Gasteiger partial charge on any atom is 0.272 e. The molecule has 0 aliphatic rings. The standard InChI is InChI=1S/C22H31N3O4/c1-6-13-25-20(26)12-10-17(24-25)22(27)23-21(15(4)5)16-9-11-18(28-7-2)19(14-16)29-8-3/h9-12,14-15,21H,6-8,13H2,1-5H3,(H,23,27). The monoisotopic (exact) mass is 401 g/mol. The molecular formula is C22H31N3O4. The van der Waals surface area contributed by atoms with E-state index < -0.39 is 0 Å². The van der Waals surface area contributed by atoms with Crippen LogP contribution < -0.4 is 20.3 Å². The number of aromatic nitrogens is 2. The second-order valence-corrected chi connectivity index (χ2v) is 7.05. The lowest BCUT2D eigenvalue weighted by Gasteiger charge is -2.24. The number of ether oxygens (including phenoxy) is 2. The fourth-order valence-corrected chi connectivity index (χ4v) is 3.05. The third kappa shape index (κ3) is 5.82. The fourth-order valence-electron chi connectivity index (χ4n) is 3.05. The molecule has 0 fully saturated rings. The molecule has 1 unspecified atom stereocenters. The zero-order valence-electron chi connectivity index (χ0n) is 17.9. The molecule has 0 aliphatic heterocycles. The smallest absolute Gasteiger partial charge is 0.272 e. The van der Waals surface area contributed by atoms with Gasteiger partial charge in [-0.1, -0.05) is 26.8 Å². The van der Waals surface area contributed by atoms with Crippen LogP contribution in [-0.4, -0.2) is 28.9 Å². The molecule has 0 spiro atoms. The number of hydrogen-bond donors (Lipinski definition) is 1. The van der Waals surface area contributed by atoms with Gasteiger partial charge in [-0.2, -0.15) is 5.10 Å². The molecular weight excluding hydrogens is 370 g/mol. The Morgan fingerprint density at radius 2 is 1.76 bits per heavy atom. The number of rotatable bonds is 10. The Morgan fingerprint density at radius 3 is 2.38 bits per heavy atom. The van der Waals surface area contributed by atoms with Crippen molar-refractivity contribution in [2.24, 2.45) is 5.92 Å². The Hall–Kier alpha value is -2.83. The molecule has 0 saturated heterocycles. The van der Waals surface area contributed by atoms with Crippen LogP contribution in [0.15, 0.2) is 35.1 Å². The van der Waals surface area contributed by atoms with Crippen LogP contribution in [0, 0.1) is 5.92 Å². The molecule has 2 aromatic rings. The summed E-state index contributed by atoms with van der Waals surface area (Å²) in [4.78, 5) is 24.7. The van der Waals surface area contributed by atoms with Gasteiger partial charge in [-0.05, 0) is 49.9 Å². The summed E-state index contributed by atoms with van der Waals surface area (Å²) >= 11 is 0. The molecule has 0 aliphatic carbocycles. The predicted octanol–water partition coefficient (Wildman–Crippen LogP) is 3.58. The van der Waals surface area contributed by atoms with Crippen molar-refractivity contribution in [3.05, 3.63) is 51.9 Å². The summed E-state index contributed by atoms with van der Waals surface area (Å²) < 4.78 is 12.7. The van der Waals surface area contributed by atoms with Crippen LogP contribution in [0.2, 0.25) is 0 Å². The number of hydrogen-bond acceptors (Lipinski definition) is 5. The zero-order chi connectivity index (χ0) is 21.4. The quantitative estimate of drug-likeness (QED) is 0.658. The minimum Gasteiger partial charge on any atom is -0.490 e.